The number of rotatable bonds is 0. The van der Waals surface area contributed by atoms with Crippen molar-refractivity contribution in [1.82, 2.24) is 0 Å². The molecule has 0 nitrogen and oxygen atoms in total. The molecule has 0 spiro atoms. The first-order valence-electron chi connectivity index (χ1n) is 5.90. The van der Waals surface area contributed by atoms with Gasteiger partial charge < -0.3 is 0 Å². The average Bonchev–Trinajstić information content (AvgIpc) is 2.22. The van der Waals surface area contributed by atoms with Crippen LogP contribution in [0.2, 0.25) is 11.5 Å². The molecule has 1 aliphatic heterocycles. The standard InChI is InChI=1S/C14H26Ge/c1-13(2,3)11-9-12(14(4,5)6)15(7,8)10-11/h9-10H,1-8H3. The van der Waals surface area contributed by atoms with Gasteiger partial charge in [0.1, 0.15) is 0 Å². The Kier molecular flexibility index (Phi) is 3.06. The Hall–Kier alpha value is 0.0229. The summed E-state index contributed by atoms with van der Waals surface area (Å²) in [6, 6.07) is 0. The van der Waals surface area contributed by atoms with E-state index in [1.54, 1.807) is 9.98 Å². The van der Waals surface area contributed by atoms with E-state index in [9.17, 15) is 0 Å². The van der Waals surface area contributed by atoms with Gasteiger partial charge in [0.2, 0.25) is 0 Å². The second kappa shape index (κ2) is 3.51. The Morgan fingerprint density at radius 1 is 0.867 bits per heavy atom. The van der Waals surface area contributed by atoms with E-state index in [0.717, 1.165) is 0 Å². The van der Waals surface area contributed by atoms with E-state index in [0.29, 0.717) is 10.8 Å². The molecule has 0 radical (unpaired) electrons. The van der Waals surface area contributed by atoms with E-state index in [1.165, 1.54) is 0 Å². The summed E-state index contributed by atoms with van der Waals surface area (Å²) < 4.78 is 1.74. The van der Waals surface area contributed by atoms with E-state index in [4.69, 9.17) is 0 Å². The summed E-state index contributed by atoms with van der Waals surface area (Å²) in [5.41, 5.74) is 2.24. The molecule has 0 saturated carbocycles. The molecule has 0 aromatic carbocycles. The van der Waals surface area contributed by atoms with Crippen LogP contribution < -0.4 is 0 Å². The predicted molar refractivity (Wildman–Crippen MR) is 72.6 cm³/mol. The van der Waals surface area contributed by atoms with Gasteiger partial charge in [0.15, 0.2) is 0 Å². The zero-order valence-corrected chi connectivity index (χ0v) is 13.8. The minimum atomic E-state index is -1.80. The molecule has 1 aliphatic rings. The second-order valence-corrected chi connectivity index (χ2v) is 16.3. The molecule has 1 rings (SSSR count). The van der Waals surface area contributed by atoms with Crippen molar-refractivity contribution in [1.29, 1.82) is 0 Å². The second-order valence-electron chi connectivity index (χ2n) is 7.38. The molecule has 0 N–H and O–H groups in total. The first kappa shape index (κ1) is 13.1. The first-order chi connectivity index (χ1) is 6.44. The molecule has 0 amide bonds. The molecule has 0 fully saturated rings. The van der Waals surface area contributed by atoms with E-state index in [-0.39, 0.29) is 0 Å². The van der Waals surface area contributed by atoms with Gasteiger partial charge in [0, 0.05) is 0 Å². The third-order valence-electron chi connectivity index (χ3n) is 3.18. The van der Waals surface area contributed by atoms with Crippen molar-refractivity contribution in [2.75, 3.05) is 0 Å². The number of hydrogen-bond donors (Lipinski definition) is 0. The molecule has 0 aromatic heterocycles. The molecule has 1 heterocycles. The molecule has 0 atom stereocenters. The number of hydrogen-bond acceptors (Lipinski definition) is 0. The normalized spacial score (nSPS) is 21.3. The van der Waals surface area contributed by atoms with Crippen molar-refractivity contribution in [2.45, 2.75) is 53.1 Å². The van der Waals surface area contributed by atoms with Crippen LogP contribution in [-0.2, 0) is 0 Å². The molecule has 0 aliphatic carbocycles. The van der Waals surface area contributed by atoms with Crippen LogP contribution in [0.1, 0.15) is 41.5 Å². The molecule has 1 heteroatoms. The van der Waals surface area contributed by atoms with Crippen LogP contribution in [0.4, 0.5) is 0 Å². The minimum absolute atomic E-state index is 0.315. The van der Waals surface area contributed by atoms with Crippen LogP contribution in [0.3, 0.4) is 0 Å². The fourth-order valence-corrected chi connectivity index (χ4v) is 10.7. The van der Waals surface area contributed by atoms with Gasteiger partial charge in [0.05, 0.1) is 0 Å². The maximum atomic E-state index is 2.63. The fraction of sp³-hybridized carbons (Fsp3) is 0.714. The van der Waals surface area contributed by atoms with Gasteiger partial charge in [-0.3, -0.25) is 0 Å². The summed E-state index contributed by atoms with van der Waals surface area (Å²) in [7, 11) is 0. The van der Waals surface area contributed by atoms with Crippen LogP contribution >= 0.6 is 0 Å². The van der Waals surface area contributed by atoms with Crippen LogP contribution in [0.15, 0.2) is 21.0 Å². The van der Waals surface area contributed by atoms with Crippen LogP contribution in [0.25, 0.3) is 0 Å². The molecular formula is C14H26Ge. The Morgan fingerprint density at radius 3 is 1.53 bits per heavy atom. The fourth-order valence-electron chi connectivity index (χ4n) is 2.47. The van der Waals surface area contributed by atoms with Gasteiger partial charge in [0.25, 0.3) is 0 Å². The summed E-state index contributed by atoms with van der Waals surface area (Å²) in [4.78, 5) is 2.63. The summed E-state index contributed by atoms with van der Waals surface area (Å²) in [5.74, 6) is 5.02. The number of allylic oxidation sites excluding steroid dienone is 3. The summed E-state index contributed by atoms with van der Waals surface area (Å²) >= 11 is -1.80. The van der Waals surface area contributed by atoms with Crippen molar-refractivity contribution in [3.63, 3.8) is 0 Å². The Morgan fingerprint density at radius 2 is 1.33 bits per heavy atom. The summed E-state index contributed by atoms with van der Waals surface area (Å²) in [6.07, 6.45) is 2.50. The van der Waals surface area contributed by atoms with Crippen molar-refractivity contribution >= 4 is 13.3 Å². The Labute approximate surface area is 98.2 Å². The van der Waals surface area contributed by atoms with E-state index in [2.05, 4.69) is 64.0 Å². The van der Waals surface area contributed by atoms with Crippen molar-refractivity contribution in [3.05, 3.63) is 21.0 Å². The summed E-state index contributed by atoms with van der Waals surface area (Å²) in [6.45, 7) is 14.0. The first-order valence-corrected chi connectivity index (χ1v) is 12.4. The molecule has 15 heavy (non-hydrogen) atoms. The Bertz CT molecular complexity index is 316. The van der Waals surface area contributed by atoms with E-state index in [1.807, 2.05) is 0 Å². The van der Waals surface area contributed by atoms with Gasteiger partial charge in [-0.25, -0.2) is 0 Å². The SMILES string of the molecule is CC(C)(C)C1=[CH][Ge]([CH3])([CH3])[C](C(C)(C)C)=C1. The van der Waals surface area contributed by atoms with Gasteiger partial charge in [-0.15, -0.1) is 0 Å². The molecule has 86 valence electrons. The van der Waals surface area contributed by atoms with E-state index < -0.39 is 13.3 Å². The van der Waals surface area contributed by atoms with Crippen molar-refractivity contribution in [3.8, 4) is 0 Å². The van der Waals surface area contributed by atoms with Gasteiger partial charge >= 0.3 is 98.1 Å². The zero-order chi connectivity index (χ0) is 12.1. The van der Waals surface area contributed by atoms with Crippen LogP contribution in [0, 0.1) is 10.8 Å². The average molecular weight is 267 g/mol. The molecule has 0 saturated heterocycles. The van der Waals surface area contributed by atoms with Crippen molar-refractivity contribution < 1.29 is 0 Å². The molecule has 0 unspecified atom stereocenters. The molecule has 0 bridgehead atoms. The maximum absolute atomic E-state index is 2.63. The predicted octanol–water partition coefficient (Wildman–Crippen LogP) is 4.73. The third kappa shape index (κ3) is 2.78. The van der Waals surface area contributed by atoms with Crippen molar-refractivity contribution in [2.24, 2.45) is 10.8 Å². The Balaban J connectivity index is 3.17. The summed E-state index contributed by atoms with van der Waals surface area (Å²) in [5, 5.41) is 0. The zero-order valence-electron chi connectivity index (χ0n) is 11.7. The topological polar surface area (TPSA) is 0 Å². The van der Waals surface area contributed by atoms with Gasteiger partial charge in [-0.2, -0.15) is 0 Å². The molecule has 0 aromatic rings. The third-order valence-corrected chi connectivity index (χ3v) is 10.1. The van der Waals surface area contributed by atoms with Crippen LogP contribution in [-0.4, -0.2) is 13.3 Å². The molecular weight excluding hydrogens is 241 g/mol. The van der Waals surface area contributed by atoms with Crippen LogP contribution in [0.5, 0.6) is 0 Å². The monoisotopic (exact) mass is 268 g/mol. The van der Waals surface area contributed by atoms with Gasteiger partial charge in [-0.05, 0) is 0 Å². The van der Waals surface area contributed by atoms with Gasteiger partial charge in [-0.1, -0.05) is 0 Å². The van der Waals surface area contributed by atoms with E-state index >= 15 is 0 Å². The quantitative estimate of drug-likeness (QED) is 0.556.